The van der Waals surface area contributed by atoms with Crippen LogP contribution in [0.3, 0.4) is 0 Å². The second kappa shape index (κ2) is 11.8. The lowest BCUT2D eigenvalue weighted by Crippen LogP contribution is -2.10. The van der Waals surface area contributed by atoms with Gasteiger partial charge in [0.15, 0.2) is 17.3 Å². The second-order valence-electron chi connectivity index (χ2n) is 5.64. The van der Waals surface area contributed by atoms with Gasteiger partial charge in [-0.05, 0) is 24.5 Å². The van der Waals surface area contributed by atoms with Crippen LogP contribution in [0.1, 0.15) is 34.8 Å². The van der Waals surface area contributed by atoms with E-state index in [1.807, 2.05) is 30.3 Å². The molecule has 5 nitrogen and oxygen atoms in total. The topological polar surface area (TPSA) is 67.8 Å². The van der Waals surface area contributed by atoms with Crippen LogP contribution in [0, 0.1) is 0 Å². The molecule has 0 unspecified atom stereocenters. The number of hydrogen-bond donors (Lipinski definition) is 2. The molecule has 0 aromatic heterocycles. The van der Waals surface area contributed by atoms with Crippen LogP contribution in [0.25, 0.3) is 0 Å². The van der Waals surface area contributed by atoms with Gasteiger partial charge in [0, 0.05) is 36.5 Å². The van der Waals surface area contributed by atoms with Gasteiger partial charge in [-0.1, -0.05) is 37.3 Å². The largest absolute Gasteiger partial charge is 0.493 e. The molecule has 0 bridgehead atoms. The molecule has 0 fully saturated rings. The molecule has 0 atom stereocenters. The Balaban J connectivity index is 0.00000176. The second-order valence-corrected chi connectivity index (χ2v) is 5.64. The average molecular weight is 371 g/mol. The number of ether oxygens (including phenoxy) is 2. The highest BCUT2D eigenvalue weighted by molar-refractivity contribution is 6.12. The molecule has 0 spiro atoms. The summed E-state index contributed by atoms with van der Waals surface area (Å²) in [4.78, 5) is 13.0. The van der Waals surface area contributed by atoms with E-state index in [2.05, 4.69) is 18.8 Å². The van der Waals surface area contributed by atoms with Crippen LogP contribution in [0.4, 0.5) is 5.69 Å². The van der Waals surface area contributed by atoms with Crippen LogP contribution >= 0.6 is 0 Å². The van der Waals surface area contributed by atoms with E-state index in [0.717, 1.165) is 25.6 Å². The van der Waals surface area contributed by atoms with Crippen LogP contribution < -0.4 is 14.8 Å². The molecule has 0 radical (unpaired) electrons. The van der Waals surface area contributed by atoms with Gasteiger partial charge >= 0.3 is 0 Å². The van der Waals surface area contributed by atoms with Crippen LogP contribution in [0.2, 0.25) is 0 Å². The highest BCUT2D eigenvalue weighted by atomic mass is 16.5. The van der Waals surface area contributed by atoms with Gasteiger partial charge in [-0.3, -0.25) is 4.79 Å². The van der Waals surface area contributed by atoms with Gasteiger partial charge in [0.2, 0.25) is 0 Å². The Bertz CT molecular complexity index is 739. The van der Waals surface area contributed by atoms with E-state index in [-0.39, 0.29) is 5.78 Å². The number of nitrogens with one attached hydrogen (secondary N) is 1. The molecule has 5 heteroatoms. The number of carbonyl (C=O) groups excluding carboxylic acids is 1. The number of anilines is 1. The molecule has 0 aliphatic carbocycles. The van der Waals surface area contributed by atoms with Gasteiger partial charge in [0.05, 0.1) is 14.2 Å². The molecule has 27 heavy (non-hydrogen) atoms. The molecule has 0 aliphatic heterocycles. The van der Waals surface area contributed by atoms with Crippen molar-refractivity contribution in [3.05, 3.63) is 65.7 Å². The average Bonchev–Trinajstić information content (AvgIpc) is 2.74. The smallest absolute Gasteiger partial charge is 0.195 e. The van der Waals surface area contributed by atoms with Gasteiger partial charge in [0.25, 0.3) is 0 Å². The first-order valence-corrected chi connectivity index (χ1v) is 8.83. The molecule has 2 N–H and O–H groups in total. The Labute approximate surface area is 161 Å². The zero-order valence-electron chi connectivity index (χ0n) is 16.5. The third-order valence-electron chi connectivity index (χ3n) is 4.06. The van der Waals surface area contributed by atoms with Crippen molar-refractivity contribution in [3.63, 3.8) is 0 Å². The molecule has 146 valence electrons. The summed E-state index contributed by atoms with van der Waals surface area (Å²) in [7, 11) is 4.14. The summed E-state index contributed by atoms with van der Waals surface area (Å²) in [5, 5.41) is 10.3. The van der Waals surface area contributed by atoms with Crippen LogP contribution in [0.15, 0.2) is 49.1 Å². The van der Waals surface area contributed by atoms with Gasteiger partial charge in [-0.2, -0.15) is 0 Å². The van der Waals surface area contributed by atoms with Crippen molar-refractivity contribution in [3.8, 4) is 11.5 Å². The number of ketones is 1. The van der Waals surface area contributed by atoms with E-state index in [0.29, 0.717) is 29.2 Å². The lowest BCUT2D eigenvalue weighted by Gasteiger charge is -2.16. The Kier molecular flexibility index (Phi) is 9.69. The quantitative estimate of drug-likeness (QED) is 0.395. The zero-order chi connectivity index (χ0) is 20.2. The van der Waals surface area contributed by atoms with Crippen molar-refractivity contribution in [2.24, 2.45) is 0 Å². The summed E-state index contributed by atoms with van der Waals surface area (Å²) >= 11 is 0. The monoisotopic (exact) mass is 371 g/mol. The van der Waals surface area contributed by atoms with E-state index in [1.54, 1.807) is 26.4 Å². The Hall–Kier alpha value is -2.79. The molecule has 2 aromatic rings. The maximum absolute atomic E-state index is 13.0. The molecule has 0 saturated heterocycles. The predicted octanol–water partition coefficient (Wildman–Crippen LogP) is 4.09. The van der Waals surface area contributed by atoms with Gasteiger partial charge in [-0.25, -0.2) is 0 Å². The van der Waals surface area contributed by atoms with Crippen molar-refractivity contribution in [2.45, 2.75) is 19.8 Å². The van der Waals surface area contributed by atoms with E-state index >= 15 is 0 Å². The number of aliphatic hydroxyl groups excluding tert-OH is 1. The van der Waals surface area contributed by atoms with Crippen LogP contribution in [-0.2, 0) is 6.42 Å². The highest BCUT2D eigenvalue weighted by Gasteiger charge is 2.18. The first kappa shape index (κ1) is 22.3. The molecular formula is C22H29NO4. The third kappa shape index (κ3) is 5.86. The Morgan fingerprint density at radius 2 is 1.70 bits per heavy atom. The van der Waals surface area contributed by atoms with E-state index in [1.165, 1.54) is 5.56 Å². The fourth-order valence-electron chi connectivity index (χ4n) is 2.57. The third-order valence-corrected chi connectivity index (χ3v) is 4.06. The first-order valence-electron chi connectivity index (χ1n) is 8.83. The van der Waals surface area contributed by atoms with Crippen molar-refractivity contribution >= 4 is 11.5 Å². The van der Waals surface area contributed by atoms with Crippen LogP contribution in [-0.4, -0.2) is 38.8 Å². The number of methoxy groups -OCH3 is 2. The minimum Gasteiger partial charge on any atom is -0.493 e. The minimum atomic E-state index is -0.0512. The van der Waals surface area contributed by atoms with E-state index < -0.39 is 0 Å². The number of benzene rings is 2. The molecule has 0 aliphatic rings. The standard InChI is InChI=1S/C21H25NO3.CH4O/c1-5-7-12-22-18-14-20(25-4)19(24-3)13-17(18)21(23)16-10-8-15(6-2)9-11-16;1-2/h5,8-11,13-14,22H,1,6-7,12H2,2-4H3;2H,1H3. The highest BCUT2D eigenvalue weighted by Crippen LogP contribution is 2.34. The van der Waals surface area contributed by atoms with E-state index in [9.17, 15) is 4.79 Å². The van der Waals surface area contributed by atoms with Gasteiger partial charge < -0.3 is 19.9 Å². The lowest BCUT2D eigenvalue weighted by molar-refractivity contribution is 0.103. The summed E-state index contributed by atoms with van der Waals surface area (Å²) in [6.07, 6.45) is 3.57. The summed E-state index contributed by atoms with van der Waals surface area (Å²) in [6, 6.07) is 11.2. The zero-order valence-corrected chi connectivity index (χ0v) is 16.5. The first-order chi connectivity index (χ1) is 13.1. The molecule has 2 aromatic carbocycles. The normalized spacial score (nSPS) is 9.67. The van der Waals surface area contributed by atoms with Crippen molar-refractivity contribution < 1.29 is 19.4 Å². The number of hydrogen-bond acceptors (Lipinski definition) is 5. The lowest BCUT2D eigenvalue weighted by atomic mass is 9.99. The molecular weight excluding hydrogens is 342 g/mol. The van der Waals surface area contributed by atoms with Crippen molar-refractivity contribution in [1.82, 2.24) is 0 Å². The predicted molar refractivity (Wildman–Crippen MR) is 110 cm³/mol. The number of carbonyl (C=O) groups is 1. The Morgan fingerprint density at radius 3 is 2.22 bits per heavy atom. The van der Waals surface area contributed by atoms with Gasteiger partial charge in [-0.15, -0.1) is 6.58 Å². The molecule has 0 saturated carbocycles. The maximum atomic E-state index is 13.0. The summed E-state index contributed by atoms with van der Waals surface area (Å²) in [6.45, 7) is 6.50. The van der Waals surface area contributed by atoms with Gasteiger partial charge in [0.1, 0.15) is 0 Å². The van der Waals surface area contributed by atoms with Crippen LogP contribution in [0.5, 0.6) is 11.5 Å². The number of aryl methyl sites for hydroxylation is 1. The Morgan fingerprint density at radius 1 is 1.11 bits per heavy atom. The molecule has 2 rings (SSSR count). The van der Waals surface area contributed by atoms with E-state index in [4.69, 9.17) is 14.6 Å². The van der Waals surface area contributed by atoms with Crippen molar-refractivity contribution in [2.75, 3.05) is 33.2 Å². The molecule has 0 amide bonds. The summed E-state index contributed by atoms with van der Waals surface area (Å²) < 4.78 is 10.7. The molecule has 0 heterocycles. The fraction of sp³-hybridized carbons (Fsp3) is 0.318. The summed E-state index contributed by atoms with van der Waals surface area (Å²) in [5.41, 5.74) is 3.14. The number of rotatable bonds is 9. The fourth-order valence-corrected chi connectivity index (χ4v) is 2.57. The minimum absolute atomic E-state index is 0.0512. The SMILES string of the molecule is C=CCCNc1cc(OC)c(OC)cc1C(=O)c1ccc(CC)cc1.CO. The maximum Gasteiger partial charge on any atom is 0.195 e. The number of aliphatic hydroxyl groups is 1. The summed E-state index contributed by atoms with van der Waals surface area (Å²) in [5.74, 6) is 1.07. The van der Waals surface area contributed by atoms with Crippen molar-refractivity contribution in [1.29, 1.82) is 0 Å².